The summed E-state index contributed by atoms with van der Waals surface area (Å²) in [4.78, 5) is 0.676. The van der Waals surface area contributed by atoms with Crippen LogP contribution in [-0.4, -0.2) is 10.2 Å². The van der Waals surface area contributed by atoms with Crippen LogP contribution >= 0.6 is 38.6 Å². The van der Waals surface area contributed by atoms with Gasteiger partial charge in [-0.15, -0.1) is 21.5 Å². The lowest BCUT2D eigenvalue weighted by atomic mass is 10.5. The summed E-state index contributed by atoms with van der Waals surface area (Å²) in [6, 6.07) is 3.46. The first-order valence-corrected chi connectivity index (χ1v) is 6.06. The average molecular weight is 315 g/mol. The molecule has 0 amide bonds. The van der Waals surface area contributed by atoms with Gasteiger partial charge in [0.2, 0.25) is 5.01 Å². The number of nitrogens with zero attached hydrogens (tertiary/aromatic N) is 2. The second-order valence-electron chi connectivity index (χ2n) is 2.51. The molecule has 80 valence electrons. The molecule has 0 aliphatic rings. The van der Waals surface area contributed by atoms with Gasteiger partial charge < -0.3 is 0 Å². The Balaban J connectivity index is 2.36. The summed E-state index contributed by atoms with van der Waals surface area (Å²) in [5.41, 5.74) is 0. The Hall–Kier alpha value is -0.470. The molecule has 2 aromatic rings. The van der Waals surface area contributed by atoms with Gasteiger partial charge in [-0.25, -0.2) is 0 Å². The van der Waals surface area contributed by atoms with Crippen molar-refractivity contribution in [1.29, 1.82) is 0 Å². The van der Waals surface area contributed by atoms with Crippen molar-refractivity contribution >= 4 is 38.6 Å². The maximum Gasteiger partial charge on any atom is 0.445 e. The van der Waals surface area contributed by atoms with E-state index in [1.807, 2.05) is 0 Å². The minimum Gasteiger partial charge on any atom is -0.164 e. The molecule has 8 heteroatoms. The van der Waals surface area contributed by atoms with Crippen LogP contribution < -0.4 is 0 Å². The van der Waals surface area contributed by atoms with Crippen molar-refractivity contribution in [2.75, 3.05) is 0 Å². The number of alkyl halides is 3. The molecule has 0 aliphatic heterocycles. The molecule has 0 unspecified atom stereocenters. The Kier molecular flexibility index (Phi) is 2.82. The van der Waals surface area contributed by atoms with E-state index >= 15 is 0 Å². The highest BCUT2D eigenvalue weighted by molar-refractivity contribution is 9.11. The minimum absolute atomic E-state index is 0.290. The van der Waals surface area contributed by atoms with Gasteiger partial charge in [0, 0.05) is 0 Å². The Morgan fingerprint density at radius 3 is 2.33 bits per heavy atom. The molecule has 0 atom stereocenters. The van der Waals surface area contributed by atoms with Crippen LogP contribution in [0.4, 0.5) is 13.2 Å². The number of thiophene rings is 1. The Labute approximate surface area is 98.9 Å². The van der Waals surface area contributed by atoms with Gasteiger partial charge in [0.05, 0.1) is 8.66 Å². The van der Waals surface area contributed by atoms with Crippen molar-refractivity contribution in [1.82, 2.24) is 10.2 Å². The van der Waals surface area contributed by atoms with Crippen molar-refractivity contribution in [2.24, 2.45) is 0 Å². The van der Waals surface area contributed by atoms with Gasteiger partial charge in [-0.1, -0.05) is 11.3 Å². The van der Waals surface area contributed by atoms with Crippen molar-refractivity contribution in [2.45, 2.75) is 6.18 Å². The van der Waals surface area contributed by atoms with Gasteiger partial charge in [-0.2, -0.15) is 13.2 Å². The van der Waals surface area contributed by atoms with Crippen molar-refractivity contribution in [3.63, 3.8) is 0 Å². The molecule has 0 aromatic carbocycles. The van der Waals surface area contributed by atoms with Crippen LogP contribution in [0.1, 0.15) is 5.01 Å². The zero-order valence-corrected chi connectivity index (χ0v) is 10.1. The van der Waals surface area contributed by atoms with Gasteiger partial charge in [-0.3, -0.25) is 0 Å². The lowest BCUT2D eigenvalue weighted by Crippen LogP contribution is -2.03. The standard InChI is InChI=1S/C7H2BrF3N2S2/c8-4-2-1-3(14-4)5-12-13-6(15-5)7(9,10)11/h1-2H. The van der Waals surface area contributed by atoms with E-state index in [4.69, 9.17) is 0 Å². The van der Waals surface area contributed by atoms with E-state index in [1.165, 1.54) is 11.3 Å². The summed E-state index contributed by atoms with van der Waals surface area (Å²) in [5.74, 6) is 0. The third kappa shape index (κ3) is 2.37. The molecule has 15 heavy (non-hydrogen) atoms. The summed E-state index contributed by atoms with van der Waals surface area (Å²) in [6.07, 6.45) is -4.41. The molecule has 0 bridgehead atoms. The predicted octanol–water partition coefficient (Wildman–Crippen LogP) is 4.05. The Bertz CT molecular complexity index is 477. The summed E-state index contributed by atoms with van der Waals surface area (Å²) in [7, 11) is 0. The minimum atomic E-state index is -4.41. The number of hydrogen-bond acceptors (Lipinski definition) is 4. The van der Waals surface area contributed by atoms with E-state index in [0.717, 1.165) is 3.79 Å². The largest absolute Gasteiger partial charge is 0.445 e. The van der Waals surface area contributed by atoms with Gasteiger partial charge >= 0.3 is 6.18 Å². The first kappa shape index (κ1) is 11.0. The van der Waals surface area contributed by atoms with Crippen molar-refractivity contribution < 1.29 is 13.2 Å². The van der Waals surface area contributed by atoms with Crippen LogP contribution in [0.5, 0.6) is 0 Å². The van der Waals surface area contributed by atoms with E-state index in [9.17, 15) is 13.2 Å². The monoisotopic (exact) mass is 314 g/mol. The predicted molar refractivity (Wildman–Crippen MR) is 55.9 cm³/mol. The SMILES string of the molecule is FC(F)(F)c1nnc(-c2ccc(Br)s2)s1. The number of hydrogen-bond donors (Lipinski definition) is 0. The van der Waals surface area contributed by atoms with Crippen LogP contribution in [0, 0.1) is 0 Å². The fourth-order valence-electron chi connectivity index (χ4n) is 0.867. The van der Waals surface area contributed by atoms with Crippen molar-refractivity contribution in [3.8, 4) is 9.88 Å². The van der Waals surface area contributed by atoms with E-state index in [2.05, 4.69) is 26.1 Å². The highest BCUT2D eigenvalue weighted by Crippen LogP contribution is 2.37. The smallest absolute Gasteiger partial charge is 0.164 e. The quantitative estimate of drug-likeness (QED) is 0.793. The normalized spacial score (nSPS) is 12.0. The van der Waals surface area contributed by atoms with E-state index in [0.29, 0.717) is 16.2 Å². The lowest BCUT2D eigenvalue weighted by Gasteiger charge is -1.97. The Morgan fingerprint density at radius 1 is 1.13 bits per heavy atom. The Morgan fingerprint density at radius 2 is 1.87 bits per heavy atom. The van der Waals surface area contributed by atoms with Crippen LogP contribution in [0.2, 0.25) is 0 Å². The second kappa shape index (κ2) is 3.84. The zero-order chi connectivity index (χ0) is 11.1. The average Bonchev–Trinajstić information content (AvgIpc) is 2.69. The van der Waals surface area contributed by atoms with E-state index in [1.54, 1.807) is 12.1 Å². The number of halogens is 4. The molecule has 0 spiro atoms. The molecular formula is C7H2BrF3N2S2. The summed E-state index contributed by atoms with van der Waals surface area (Å²) < 4.78 is 37.5. The maximum absolute atomic E-state index is 12.2. The van der Waals surface area contributed by atoms with E-state index in [-0.39, 0.29) is 5.01 Å². The second-order valence-corrected chi connectivity index (χ2v) is 5.95. The van der Waals surface area contributed by atoms with Crippen LogP contribution in [0.25, 0.3) is 9.88 Å². The lowest BCUT2D eigenvalue weighted by molar-refractivity contribution is -0.138. The summed E-state index contributed by atoms with van der Waals surface area (Å²) in [6.45, 7) is 0. The van der Waals surface area contributed by atoms with Gasteiger partial charge in [0.25, 0.3) is 0 Å². The summed E-state index contributed by atoms with van der Waals surface area (Å²) >= 11 is 5.10. The number of aromatic nitrogens is 2. The third-order valence-corrected chi connectivity index (χ3v) is 4.21. The van der Waals surface area contributed by atoms with Crippen LogP contribution in [0.3, 0.4) is 0 Å². The first-order chi connectivity index (χ1) is 6.97. The molecule has 2 rings (SSSR count). The molecule has 0 aliphatic carbocycles. The van der Waals surface area contributed by atoms with Crippen molar-refractivity contribution in [3.05, 3.63) is 20.9 Å². The molecule has 0 radical (unpaired) electrons. The molecular weight excluding hydrogens is 313 g/mol. The highest BCUT2D eigenvalue weighted by Gasteiger charge is 2.35. The van der Waals surface area contributed by atoms with Gasteiger partial charge in [-0.05, 0) is 28.1 Å². The zero-order valence-electron chi connectivity index (χ0n) is 6.88. The van der Waals surface area contributed by atoms with E-state index < -0.39 is 11.2 Å². The maximum atomic E-state index is 12.2. The van der Waals surface area contributed by atoms with Gasteiger partial charge in [0.15, 0.2) is 5.01 Å². The first-order valence-electron chi connectivity index (χ1n) is 3.63. The number of rotatable bonds is 1. The molecule has 0 saturated heterocycles. The topological polar surface area (TPSA) is 25.8 Å². The molecule has 0 fully saturated rings. The molecule has 0 saturated carbocycles. The van der Waals surface area contributed by atoms with Crippen LogP contribution in [0.15, 0.2) is 15.9 Å². The highest BCUT2D eigenvalue weighted by atomic mass is 79.9. The molecule has 2 heterocycles. The summed E-state index contributed by atoms with van der Waals surface area (Å²) in [5, 5.41) is 5.99. The molecule has 0 N–H and O–H groups in total. The molecule has 2 nitrogen and oxygen atoms in total. The fourth-order valence-corrected chi connectivity index (χ4v) is 3.01. The van der Waals surface area contributed by atoms with Crippen LogP contribution in [-0.2, 0) is 6.18 Å². The molecule has 2 aromatic heterocycles. The fraction of sp³-hybridized carbons (Fsp3) is 0.143. The third-order valence-electron chi connectivity index (χ3n) is 1.45. The van der Waals surface area contributed by atoms with Gasteiger partial charge in [0.1, 0.15) is 0 Å².